The fourth-order valence-corrected chi connectivity index (χ4v) is 2.40. The van der Waals surface area contributed by atoms with Crippen LogP contribution in [0.5, 0.6) is 0 Å². The fourth-order valence-electron chi connectivity index (χ4n) is 2.40. The summed E-state index contributed by atoms with van der Waals surface area (Å²) in [5.41, 5.74) is 0.0237. The van der Waals surface area contributed by atoms with Gasteiger partial charge in [0.1, 0.15) is 0 Å². The van der Waals surface area contributed by atoms with Crippen LogP contribution in [0.25, 0.3) is 0 Å². The predicted octanol–water partition coefficient (Wildman–Crippen LogP) is 0.998. The van der Waals surface area contributed by atoms with E-state index in [1.54, 1.807) is 0 Å². The summed E-state index contributed by atoms with van der Waals surface area (Å²) >= 11 is 0. The van der Waals surface area contributed by atoms with Crippen LogP contribution in [0, 0.1) is 5.41 Å². The van der Waals surface area contributed by atoms with Gasteiger partial charge in [0.15, 0.2) is 0 Å². The van der Waals surface area contributed by atoms with Gasteiger partial charge in [-0.05, 0) is 18.3 Å². The molecule has 3 nitrogen and oxygen atoms in total. The molecule has 1 saturated carbocycles. The maximum Gasteiger partial charge on any atom is 0.249 e. The van der Waals surface area contributed by atoms with Crippen molar-refractivity contribution in [1.29, 1.82) is 0 Å². The highest BCUT2D eigenvalue weighted by atomic mass is 16.2. The summed E-state index contributed by atoms with van der Waals surface area (Å²) in [6.07, 6.45) is 5.44. The minimum Gasteiger partial charge on any atom is -0.272 e. The Morgan fingerprint density at radius 1 is 1.00 bits per heavy atom. The molecule has 1 aliphatic heterocycles. The predicted molar refractivity (Wildman–Crippen MR) is 42.3 cm³/mol. The molecular weight excluding hydrogens is 154 g/mol. The zero-order valence-electron chi connectivity index (χ0n) is 7.01. The van der Waals surface area contributed by atoms with Gasteiger partial charge in [0.05, 0.1) is 0 Å². The van der Waals surface area contributed by atoms with Gasteiger partial charge in [-0.3, -0.25) is 9.59 Å². The Morgan fingerprint density at radius 3 is 2.00 bits per heavy atom. The number of carbonyl (C=O) groups excluding carboxylic acids is 2. The second-order valence-corrected chi connectivity index (χ2v) is 3.96. The van der Waals surface area contributed by atoms with E-state index in [1.807, 2.05) is 0 Å². The first-order valence-electron chi connectivity index (χ1n) is 4.48. The van der Waals surface area contributed by atoms with Crippen molar-refractivity contribution in [2.24, 2.45) is 5.41 Å². The molecule has 1 heterocycles. The van der Waals surface area contributed by atoms with Crippen molar-refractivity contribution in [3.63, 3.8) is 0 Å². The molecule has 12 heavy (non-hydrogen) atoms. The van der Waals surface area contributed by atoms with Crippen molar-refractivity contribution in [3.05, 3.63) is 0 Å². The summed E-state index contributed by atoms with van der Waals surface area (Å²) in [5, 5.41) is 3.42. The molecule has 0 unspecified atom stereocenters. The van der Waals surface area contributed by atoms with E-state index in [9.17, 15) is 9.59 Å². The Labute approximate surface area is 71.5 Å². The maximum atomic E-state index is 11.0. The van der Waals surface area contributed by atoms with Gasteiger partial charge >= 0.3 is 0 Å². The number of hydrogen-bond donors (Lipinski definition) is 0. The molecular formula is C9H12NO2. The molecule has 1 aliphatic carbocycles. The van der Waals surface area contributed by atoms with Gasteiger partial charge < -0.3 is 0 Å². The standard InChI is InChI=1S/C9H12NO2/c11-7-5-9(3-1-2-4-9)6-8(12)10-7/h1-6H2. The second kappa shape index (κ2) is 2.57. The monoisotopic (exact) mass is 166 g/mol. The quantitative estimate of drug-likeness (QED) is 0.504. The van der Waals surface area contributed by atoms with Gasteiger partial charge in [0.25, 0.3) is 0 Å². The number of carbonyl (C=O) groups is 2. The lowest BCUT2D eigenvalue weighted by atomic mass is 9.77. The fraction of sp³-hybridized carbons (Fsp3) is 0.778. The normalized spacial score (nSPS) is 27.7. The minimum absolute atomic E-state index is 0.0237. The van der Waals surface area contributed by atoms with E-state index in [2.05, 4.69) is 5.32 Å². The van der Waals surface area contributed by atoms with Gasteiger partial charge in [-0.15, -0.1) is 0 Å². The number of imide groups is 1. The van der Waals surface area contributed by atoms with Crippen LogP contribution in [0.15, 0.2) is 0 Å². The van der Waals surface area contributed by atoms with Crippen LogP contribution in [-0.4, -0.2) is 11.8 Å². The topological polar surface area (TPSA) is 48.2 Å². The van der Waals surface area contributed by atoms with Gasteiger partial charge in [0, 0.05) is 12.8 Å². The Balaban J connectivity index is 2.14. The molecule has 0 bridgehead atoms. The Bertz CT molecular complexity index is 211. The largest absolute Gasteiger partial charge is 0.272 e. The molecule has 0 aromatic carbocycles. The smallest absolute Gasteiger partial charge is 0.249 e. The molecule has 1 radical (unpaired) electrons. The van der Waals surface area contributed by atoms with Gasteiger partial charge in [-0.25, -0.2) is 0 Å². The van der Waals surface area contributed by atoms with E-state index < -0.39 is 0 Å². The van der Waals surface area contributed by atoms with Crippen LogP contribution >= 0.6 is 0 Å². The van der Waals surface area contributed by atoms with E-state index in [1.165, 1.54) is 12.8 Å². The summed E-state index contributed by atoms with van der Waals surface area (Å²) in [6.45, 7) is 0. The van der Waals surface area contributed by atoms with Gasteiger partial charge in [-0.2, -0.15) is 5.32 Å². The van der Waals surface area contributed by atoms with Crippen molar-refractivity contribution in [2.75, 3.05) is 0 Å². The number of amides is 2. The molecule has 0 aromatic rings. The summed E-state index contributed by atoms with van der Waals surface area (Å²) in [4.78, 5) is 22.1. The number of piperidine rings is 1. The summed E-state index contributed by atoms with van der Waals surface area (Å²) < 4.78 is 0. The first-order valence-corrected chi connectivity index (χ1v) is 4.48. The third-order valence-electron chi connectivity index (χ3n) is 2.97. The lowest BCUT2D eigenvalue weighted by Gasteiger charge is -2.30. The van der Waals surface area contributed by atoms with Gasteiger partial charge in [-0.1, -0.05) is 12.8 Å². The van der Waals surface area contributed by atoms with Crippen molar-refractivity contribution in [3.8, 4) is 0 Å². The molecule has 2 rings (SSSR count). The minimum atomic E-state index is -0.201. The molecule has 0 atom stereocenters. The van der Waals surface area contributed by atoms with Crippen molar-refractivity contribution in [2.45, 2.75) is 38.5 Å². The van der Waals surface area contributed by atoms with Crippen LogP contribution in [-0.2, 0) is 9.59 Å². The lowest BCUT2D eigenvalue weighted by Crippen LogP contribution is -2.39. The van der Waals surface area contributed by atoms with E-state index in [4.69, 9.17) is 0 Å². The van der Waals surface area contributed by atoms with E-state index in [0.717, 1.165) is 12.8 Å². The molecule has 0 N–H and O–H groups in total. The highest BCUT2D eigenvalue weighted by Gasteiger charge is 2.42. The molecule has 2 amide bonds. The molecule has 0 aromatic heterocycles. The molecule has 3 heteroatoms. The Morgan fingerprint density at radius 2 is 1.50 bits per heavy atom. The zero-order chi connectivity index (χ0) is 8.60. The van der Waals surface area contributed by atoms with Crippen molar-refractivity contribution >= 4 is 11.8 Å². The highest BCUT2D eigenvalue weighted by molar-refractivity contribution is 5.98. The Hall–Kier alpha value is -0.860. The van der Waals surface area contributed by atoms with Crippen LogP contribution in [0.4, 0.5) is 0 Å². The second-order valence-electron chi connectivity index (χ2n) is 3.96. The van der Waals surface area contributed by atoms with E-state index in [-0.39, 0.29) is 17.2 Å². The third kappa shape index (κ3) is 1.24. The highest BCUT2D eigenvalue weighted by Crippen LogP contribution is 2.45. The average molecular weight is 166 g/mol. The maximum absolute atomic E-state index is 11.0. The molecule has 1 saturated heterocycles. The van der Waals surface area contributed by atoms with Crippen LogP contribution < -0.4 is 5.32 Å². The van der Waals surface area contributed by atoms with Crippen LogP contribution in [0.3, 0.4) is 0 Å². The summed E-state index contributed by atoms with van der Waals surface area (Å²) in [7, 11) is 0. The van der Waals surface area contributed by atoms with Crippen molar-refractivity contribution in [1.82, 2.24) is 5.32 Å². The Kier molecular flexibility index (Phi) is 1.67. The molecule has 2 aliphatic rings. The van der Waals surface area contributed by atoms with Crippen LogP contribution in [0.2, 0.25) is 0 Å². The zero-order valence-corrected chi connectivity index (χ0v) is 7.01. The lowest BCUT2D eigenvalue weighted by molar-refractivity contribution is -0.138. The number of nitrogens with zero attached hydrogens (tertiary/aromatic N) is 1. The van der Waals surface area contributed by atoms with Gasteiger partial charge in [0.2, 0.25) is 11.8 Å². The molecule has 2 fully saturated rings. The van der Waals surface area contributed by atoms with Crippen molar-refractivity contribution < 1.29 is 9.59 Å². The number of hydrogen-bond acceptors (Lipinski definition) is 2. The molecule has 65 valence electrons. The average Bonchev–Trinajstić information content (AvgIpc) is 2.33. The number of rotatable bonds is 0. The summed E-state index contributed by atoms with van der Waals surface area (Å²) in [6, 6.07) is 0. The third-order valence-corrected chi connectivity index (χ3v) is 2.97. The van der Waals surface area contributed by atoms with E-state index in [0.29, 0.717) is 12.8 Å². The first-order chi connectivity index (χ1) is 5.70. The molecule has 1 spiro atoms. The summed E-state index contributed by atoms with van der Waals surface area (Å²) in [5.74, 6) is -0.402. The SMILES string of the molecule is O=C1CC2(CCCC2)CC(=O)[N]1. The van der Waals surface area contributed by atoms with E-state index >= 15 is 0 Å². The van der Waals surface area contributed by atoms with Crippen LogP contribution in [0.1, 0.15) is 38.5 Å². The first kappa shape index (κ1) is 7.77.